The zero-order valence-electron chi connectivity index (χ0n) is 11.2. The normalized spacial score (nSPS) is 11.1. The molecule has 0 spiro atoms. The van der Waals surface area contributed by atoms with Gasteiger partial charge >= 0.3 is 5.97 Å². The van der Waals surface area contributed by atoms with Crippen LogP contribution >= 0.6 is 11.6 Å². The van der Waals surface area contributed by atoms with Crippen molar-refractivity contribution in [3.05, 3.63) is 34.3 Å². The number of benzene rings is 1. The van der Waals surface area contributed by atoms with Crippen molar-refractivity contribution in [1.29, 1.82) is 0 Å². The first-order chi connectivity index (χ1) is 8.86. The fourth-order valence-electron chi connectivity index (χ4n) is 1.24. The summed E-state index contributed by atoms with van der Waals surface area (Å²) in [4.78, 5) is 28.9. The van der Waals surface area contributed by atoms with E-state index >= 15 is 0 Å². The standard InChI is InChI=1S/C13H15ClN2O3/c1-8(16(2)3)15-12(17)9-5-6-10(11(14)7-9)13(18)19-4/h5-7H,1-4H3. The lowest BCUT2D eigenvalue weighted by molar-refractivity contribution is 0.0600. The van der Waals surface area contributed by atoms with Crippen LogP contribution in [0.5, 0.6) is 0 Å². The molecule has 0 bridgehead atoms. The van der Waals surface area contributed by atoms with Crippen LogP contribution in [0.3, 0.4) is 0 Å². The number of halogens is 1. The van der Waals surface area contributed by atoms with Crippen LogP contribution in [0.1, 0.15) is 27.6 Å². The van der Waals surface area contributed by atoms with Crippen LogP contribution in [0.15, 0.2) is 23.2 Å². The molecule has 0 atom stereocenters. The second kappa shape index (κ2) is 6.33. The second-order valence-corrected chi connectivity index (χ2v) is 4.45. The van der Waals surface area contributed by atoms with E-state index in [9.17, 15) is 9.59 Å². The van der Waals surface area contributed by atoms with E-state index in [0.717, 1.165) is 0 Å². The van der Waals surface area contributed by atoms with E-state index in [1.54, 1.807) is 25.9 Å². The highest BCUT2D eigenvalue weighted by molar-refractivity contribution is 6.34. The molecule has 0 saturated carbocycles. The van der Waals surface area contributed by atoms with E-state index in [2.05, 4.69) is 9.73 Å². The Labute approximate surface area is 116 Å². The van der Waals surface area contributed by atoms with Crippen molar-refractivity contribution in [1.82, 2.24) is 4.90 Å². The van der Waals surface area contributed by atoms with Crippen LogP contribution in [0.25, 0.3) is 0 Å². The zero-order valence-corrected chi connectivity index (χ0v) is 12.0. The minimum Gasteiger partial charge on any atom is -0.465 e. The summed E-state index contributed by atoms with van der Waals surface area (Å²) in [5, 5.41) is 0.162. The number of amidine groups is 1. The Bertz CT molecular complexity index is 539. The average Bonchev–Trinajstić information content (AvgIpc) is 2.37. The highest BCUT2D eigenvalue weighted by Crippen LogP contribution is 2.19. The number of carbonyl (C=O) groups is 2. The molecule has 102 valence electrons. The summed E-state index contributed by atoms with van der Waals surface area (Å²) in [6, 6.07) is 4.34. The third kappa shape index (κ3) is 3.79. The molecule has 5 nitrogen and oxygen atoms in total. The first-order valence-electron chi connectivity index (χ1n) is 5.51. The Morgan fingerprint density at radius 2 is 1.95 bits per heavy atom. The van der Waals surface area contributed by atoms with Crippen molar-refractivity contribution in [3.63, 3.8) is 0 Å². The van der Waals surface area contributed by atoms with Gasteiger partial charge in [-0.25, -0.2) is 4.79 Å². The maximum atomic E-state index is 11.9. The average molecular weight is 283 g/mol. The zero-order chi connectivity index (χ0) is 14.6. The largest absolute Gasteiger partial charge is 0.465 e. The van der Waals surface area contributed by atoms with Crippen LogP contribution in [0.2, 0.25) is 5.02 Å². The highest BCUT2D eigenvalue weighted by atomic mass is 35.5. The predicted octanol–water partition coefficient (Wildman–Crippen LogP) is 2.25. The van der Waals surface area contributed by atoms with Crippen molar-refractivity contribution in [2.24, 2.45) is 4.99 Å². The van der Waals surface area contributed by atoms with Gasteiger partial charge in [-0.05, 0) is 25.1 Å². The molecule has 0 aliphatic heterocycles. The molecule has 0 saturated heterocycles. The van der Waals surface area contributed by atoms with Gasteiger partial charge in [-0.15, -0.1) is 0 Å². The lowest BCUT2D eigenvalue weighted by atomic mass is 10.1. The molecule has 1 amide bonds. The molecule has 0 heterocycles. The minimum atomic E-state index is -0.544. The lowest BCUT2D eigenvalue weighted by Crippen LogP contribution is -2.19. The molecule has 1 aromatic rings. The van der Waals surface area contributed by atoms with E-state index < -0.39 is 11.9 Å². The molecule has 0 unspecified atom stereocenters. The number of rotatable bonds is 2. The maximum Gasteiger partial charge on any atom is 0.339 e. The molecule has 19 heavy (non-hydrogen) atoms. The summed E-state index contributed by atoms with van der Waals surface area (Å²) < 4.78 is 4.57. The number of methoxy groups -OCH3 is 1. The number of hydrogen-bond acceptors (Lipinski definition) is 3. The van der Waals surface area contributed by atoms with Gasteiger partial charge in [-0.3, -0.25) is 4.79 Å². The van der Waals surface area contributed by atoms with E-state index in [1.165, 1.54) is 25.3 Å². The summed E-state index contributed by atoms with van der Waals surface area (Å²) in [5.74, 6) is -0.375. The highest BCUT2D eigenvalue weighted by Gasteiger charge is 2.13. The second-order valence-electron chi connectivity index (χ2n) is 4.04. The van der Waals surface area contributed by atoms with Gasteiger partial charge in [0.25, 0.3) is 5.91 Å². The van der Waals surface area contributed by atoms with Gasteiger partial charge in [-0.2, -0.15) is 4.99 Å². The Morgan fingerprint density at radius 1 is 1.32 bits per heavy atom. The Kier molecular flexibility index (Phi) is 5.06. The molecule has 0 aliphatic rings. The number of aliphatic imine (C=N–C) groups is 1. The first-order valence-corrected chi connectivity index (χ1v) is 5.89. The number of hydrogen-bond donors (Lipinski definition) is 0. The predicted molar refractivity (Wildman–Crippen MR) is 73.9 cm³/mol. The maximum absolute atomic E-state index is 11.9. The summed E-state index contributed by atoms with van der Waals surface area (Å²) in [6.07, 6.45) is 0. The number of esters is 1. The van der Waals surface area contributed by atoms with Crippen LogP contribution < -0.4 is 0 Å². The molecule has 0 aromatic heterocycles. The molecule has 0 N–H and O–H groups in total. The summed E-state index contributed by atoms with van der Waals surface area (Å²) in [5.41, 5.74) is 0.535. The summed E-state index contributed by atoms with van der Waals surface area (Å²) in [7, 11) is 4.85. The molecule has 0 fully saturated rings. The van der Waals surface area contributed by atoms with Crippen molar-refractivity contribution in [2.75, 3.05) is 21.2 Å². The molecule has 6 heteroatoms. The first kappa shape index (κ1) is 15.2. The van der Waals surface area contributed by atoms with Crippen molar-refractivity contribution in [2.45, 2.75) is 6.92 Å². The van der Waals surface area contributed by atoms with Gasteiger partial charge in [0.1, 0.15) is 5.84 Å². The Hall–Kier alpha value is -1.88. The van der Waals surface area contributed by atoms with Crippen LogP contribution in [0.4, 0.5) is 0 Å². The number of carbonyl (C=O) groups excluding carboxylic acids is 2. The number of ether oxygens (including phenoxy) is 1. The van der Waals surface area contributed by atoms with Gasteiger partial charge in [-0.1, -0.05) is 11.6 Å². The monoisotopic (exact) mass is 282 g/mol. The molecule has 1 rings (SSSR count). The van der Waals surface area contributed by atoms with Crippen LogP contribution in [-0.2, 0) is 4.74 Å². The topological polar surface area (TPSA) is 59.0 Å². The van der Waals surface area contributed by atoms with Gasteiger partial charge in [0.15, 0.2) is 0 Å². The fraction of sp³-hybridized carbons (Fsp3) is 0.308. The molecular formula is C13H15ClN2O3. The Balaban J connectivity index is 3.05. The smallest absolute Gasteiger partial charge is 0.339 e. The van der Waals surface area contributed by atoms with E-state index in [-0.39, 0.29) is 10.6 Å². The van der Waals surface area contributed by atoms with Gasteiger partial charge in [0.05, 0.1) is 17.7 Å². The molecule has 0 radical (unpaired) electrons. The number of amides is 1. The third-order valence-electron chi connectivity index (χ3n) is 2.53. The van der Waals surface area contributed by atoms with Crippen molar-refractivity contribution < 1.29 is 14.3 Å². The fourth-order valence-corrected chi connectivity index (χ4v) is 1.49. The van der Waals surface area contributed by atoms with Gasteiger partial charge in [0, 0.05) is 19.7 Å². The van der Waals surface area contributed by atoms with Gasteiger partial charge in [0.2, 0.25) is 0 Å². The summed E-state index contributed by atoms with van der Waals surface area (Å²) in [6.45, 7) is 1.72. The van der Waals surface area contributed by atoms with Crippen molar-refractivity contribution in [3.8, 4) is 0 Å². The SMILES string of the molecule is COC(=O)c1ccc(C(=O)N=C(C)N(C)C)cc1Cl. The molecule has 1 aromatic carbocycles. The number of nitrogens with zero attached hydrogens (tertiary/aromatic N) is 2. The third-order valence-corrected chi connectivity index (χ3v) is 2.84. The van der Waals surface area contributed by atoms with Gasteiger partial charge < -0.3 is 9.64 Å². The lowest BCUT2D eigenvalue weighted by Gasteiger charge is -2.10. The van der Waals surface area contributed by atoms with E-state index in [4.69, 9.17) is 11.6 Å². The quantitative estimate of drug-likeness (QED) is 0.474. The molecular weight excluding hydrogens is 268 g/mol. The summed E-state index contributed by atoms with van der Waals surface area (Å²) >= 11 is 5.93. The van der Waals surface area contributed by atoms with E-state index in [0.29, 0.717) is 11.4 Å². The minimum absolute atomic E-state index is 0.162. The van der Waals surface area contributed by atoms with Crippen LogP contribution in [-0.4, -0.2) is 43.8 Å². The Morgan fingerprint density at radius 3 is 2.42 bits per heavy atom. The van der Waals surface area contributed by atoms with Crippen molar-refractivity contribution >= 4 is 29.3 Å². The van der Waals surface area contributed by atoms with Crippen LogP contribution in [0, 0.1) is 0 Å². The van der Waals surface area contributed by atoms with E-state index in [1.807, 2.05) is 0 Å². The molecule has 0 aliphatic carbocycles.